The number of nitrogens with one attached hydrogen (secondary N) is 2. The van der Waals surface area contributed by atoms with Crippen LogP contribution in [0.4, 0.5) is 5.69 Å². The van der Waals surface area contributed by atoms with Gasteiger partial charge < -0.3 is 15.4 Å². The molecule has 0 saturated heterocycles. The molecule has 2 N–H and O–H groups in total. The van der Waals surface area contributed by atoms with Crippen LogP contribution in [-0.4, -0.2) is 31.2 Å². The second kappa shape index (κ2) is 11.2. The highest BCUT2D eigenvalue weighted by molar-refractivity contribution is 5.93. The first-order chi connectivity index (χ1) is 11.6. The summed E-state index contributed by atoms with van der Waals surface area (Å²) in [5.74, 6) is 0.876. The van der Waals surface area contributed by atoms with Gasteiger partial charge in [0.15, 0.2) is 0 Å². The van der Waals surface area contributed by atoms with Crippen LogP contribution in [0.15, 0.2) is 24.4 Å². The van der Waals surface area contributed by atoms with E-state index in [4.69, 9.17) is 4.74 Å². The van der Waals surface area contributed by atoms with Gasteiger partial charge in [-0.1, -0.05) is 26.7 Å². The van der Waals surface area contributed by atoms with Crippen LogP contribution in [0, 0.1) is 6.92 Å². The van der Waals surface area contributed by atoms with E-state index in [1.165, 1.54) is 31.2 Å². The lowest BCUT2D eigenvalue weighted by Gasteiger charge is -2.13. The second-order valence-electron chi connectivity index (χ2n) is 6.65. The number of hydrogen-bond acceptors (Lipinski definition) is 4. The number of unbranched alkanes of at least 4 members (excludes halogenated alkanes) is 3. The van der Waals surface area contributed by atoms with Crippen molar-refractivity contribution in [2.24, 2.45) is 0 Å². The summed E-state index contributed by atoms with van der Waals surface area (Å²) in [4.78, 5) is 4.55. The van der Waals surface area contributed by atoms with E-state index in [0.717, 1.165) is 35.4 Å². The van der Waals surface area contributed by atoms with Gasteiger partial charge in [0, 0.05) is 30.2 Å². The van der Waals surface area contributed by atoms with Crippen molar-refractivity contribution < 1.29 is 4.74 Å². The molecule has 2 rings (SSSR count). The van der Waals surface area contributed by atoms with Crippen LogP contribution in [0.25, 0.3) is 10.9 Å². The molecule has 0 aliphatic rings. The number of methoxy groups -OCH3 is 1. The fourth-order valence-corrected chi connectivity index (χ4v) is 2.83. The fourth-order valence-electron chi connectivity index (χ4n) is 2.83. The molecule has 0 atom stereocenters. The monoisotopic (exact) mass is 365 g/mol. The van der Waals surface area contributed by atoms with Crippen molar-refractivity contribution in [1.29, 1.82) is 0 Å². The average molecular weight is 366 g/mol. The Morgan fingerprint density at radius 3 is 2.48 bits per heavy atom. The lowest BCUT2D eigenvalue weighted by molar-refractivity contribution is 0.415. The molecule has 1 heterocycles. The van der Waals surface area contributed by atoms with Crippen molar-refractivity contribution in [3.05, 3.63) is 30.0 Å². The van der Waals surface area contributed by atoms with E-state index in [0.29, 0.717) is 6.04 Å². The Hall–Kier alpha value is -1.52. The third-order valence-corrected chi connectivity index (χ3v) is 4.24. The SMILES string of the molecule is COc1cc(NCCCCCCNC(C)C)c2nccc(C)c2c1.Cl. The Labute approximate surface area is 158 Å². The van der Waals surface area contributed by atoms with E-state index in [1.807, 2.05) is 18.3 Å². The topological polar surface area (TPSA) is 46.2 Å². The molecule has 0 unspecified atom stereocenters. The van der Waals surface area contributed by atoms with Gasteiger partial charge in [-0.15, -0.1) is 12.4 Å². The van der Waals surface area contributed by atoms with E-state index in [2.05, 4.69) is 42.5 Å². The van der Waals surface area contributed by atoms with E-state index in [-0.39, 0.29) is 12.4 Å². The van der Waals surface area contributed by atoms with Crippen molar-refractivity contribution >= 4 is 29.0 Å². The lowest BCUT2D eigenvalue weighted by atomic mass is 10.1. The van der Waals surface area contributed by atoms with E-state index < -0.39 is 0 Å². The van der Waals surface area contributed by atoms with Crippen molar-refractivity contribution in [3.63, 3.8) is 0 Å². The maximum Gasteiger partial charge on any atom is 0.121 e. The van der Waals surface area contributed by atoms with Crippen LogP contribution in [0.1, 0.15) is 45.1 Å². The summed E-state index contributed by atoms with van der Waals surface area (Å²) in [5.41, 5.74) is 3.31. The Bertz CT molecular complexity index is 646. The molecule has 2 aromatic rings. The number of fused-ring (bicyclic) bond motifs is 1. The van der Waals surface area contributed by atoms with E-state index in [1.54, 1.807) is 7.11 Å². The zero-order valence-electron chi connectivity index (χ0n) is 15.9. The number of aromatic nitrogens is 1. The van der Waals surface area contributed by atoms with Gasteiger partial charge in [-0.05, 0) is 44.0 Å². The number of nitrogens with zero attached hydrogens (tertiary/aromatic N) is 1. The Morgan fingerprint density at radius 2 is 1.80 bits per heavy atom. The van der Waals surface area contributed by atoms with Crippen molar-refractivity contribution in [2.45, 2.75) is 52.5 Å². The molecule has 0 spiro atoms. The fraction of sp³-hybridized carbons (Fsp3) is 0.550. The van der Waals surface area contributed by atoms with Gasteiger partial charge in [-0.3, -0.25) is 4.98 Å². The maximum atomic E-state index is 5.43. The van der Waals surface area contributed by atoms with Gasteiger partial charge in [0.05, 0.1) is 18.3 Å². The Kier molecular flexibility index (Phi) is 9.61. The first kappa shape index (κ1) is 21.5. The standard InChI is InChI=1S/C20H31N3O.ClH/c1-15(2)21-10-7-5-6-8-11-22-19-14-17(24-4)13-18-16(3)9-12-23-20(18)19;/h9,12-15,21-22H,5-8,10-11H2,1-4H3;1H. The van der Waals surface area contributed by atoms with Gasteiger partial charge in [-0.25, -0.2) is 0 Å². The molecule has 0 aliphatic carbocycles. The predicted molar refractivity (Wildman–Crippen MR) is 110 cm³/mol. The molecule has 25 heavy (non-hydrogen) atoms. The smallest absolute Gasteiger partial charge is 0.121 e. The minimum Gasteiger partial charge on any atom is -0.497 e. The van der Waals surface area contributed by atoms with Gasteiger partial charge in [0.25, 0.3) is 0 Å². The first-order valence-electron chi connectivity index (χ1n) is 9.02. The summed E-state index contributed by atoms with van der Waals surface area (Å²) in [5, 5.41) is 8.16. The quantitative estimate of drug-likeness (QED) is 0.585. The van der Waals surface area contributed by atoms with Crippen molar-refractivity contribution in [1.82, 2.24) is 10.3 Å². The molecular weight excluding hydrogens is 334 g/mol. The number of benzene rings is 1. The zero-order valence-corrected chi connectivity index (χ0v) is 16.7. The molecule has 0 aliphatic heterocycles. The molecule has 0 bridgehead atoms. The van der Waals surface area contributed by atoms with Gasteiger partial charge >= 0.3 is 0 Å². The van der Waals surface area contributed by atoms with Crippen LogP contribution in [0.3, 0.4) is 0 Å². The number of aryl methyl sites for hydroxylation is 1. The summed E-state index contributed by atoms with van der Waals surface area (Å²) in [6.07, 6.45) is 6.82. The number of anilines is 1. The number of pyridine rings is 1. The highest BCUT2D eigenvalue weighted by Crippen LogP contribution is 2.29. The molecule has 0 radical (unpaired) electrons. The first-order valence-corrected chi connectivity index (χ1v) is 9.02. The van der Waals surface area contributed by atoms with Crippen molar-refractivity contribution in [3.8, 4) is 5.75 Å². The predicted octanol–water partition coefficient (Wildman–Crippen LogP) is 4.94. The molecule has 140 valence electrons. The van der Waals surface area contributed by atoms with Crippen LogP contribution in [0.5, 0.6) is 5.75 Å². The summed E-state index contributed by atoms with van der Waals surface area (Å²) < 4.78 is 5.43. The highest BCUT2D eigenvalue weighted by atomic mass is 35.5. The number of halogens is 1. The minimum atomic E-state index is 0. The molecule has 1 aromatic carbocycles. The molecular formula is C20H32ClN3O. The summed E-state index contributed by atoms with van der Waals surface area (Å²) in [6, 6.07) is 6.73. The molecule has 0 saturated carbocycles. The average Bonchev–Trinajstić information content (AvgIpc) is 2.57. The van der Waals surface area contributed by atoms with Gasteiger partial charge in [0.1, 0.15) is 5.75 Å². The van der Waals surface area contributed by atoms with Gasteiger partial charge in [-0.2, -0.15) is 0 Å². The largest absolute Gasteiger partial charge is 0.497 e. The van der Waals surface area contributed by atoms with E-state index in [9.17, 15) is 0 Å². The van der Waals surface area contributed by atoms with Crippen LogP contribution < -0.4 is 15.4 Å². The third kappa shape index (κ3) is 6.71. The molecule has 4 nitrogen and oxygen atoms in total. The maximum absolute atomic E-state index is 5.43. The van der Waals surface area contributed by atoms with Crippen LogP contribution in [0.2, 0.25) is 0 Å². The molecule has 0 amide bonds. The summed E-state index contributed by atoms with van der Waals surface area (Å²) >= 11 is 0. The number of rotatable bonds is 10. The summed E-state index contributed by atoms with van der Waals surface area (Å²) in [6.45, 7) is 8.58. The normalized spacial score (nSPS) is 10.8. The lowest BCUT2D eigenvalue weighted by Crippen LogP contribution is -2.23. The molecule has 1 aromatic heterocycles. The second-order valence-corrected chi connectivity index (χ2v) is 6.65. The Morgan fingerprint density at radius 1 is 1.08 bits per heavy atom. The summed E-state index contributed by atoms with van der Waals surface area (Å²) in [7, 11) is 1.71. The minimum absolute atomic E-state index is 0. The highest BCUT2D eigenvalue weighted by Gasteiger charge is 2.07. The Balaban J connectivity index is 0.00000312. The van der Waals surface area contributed by atoms with E-state index >= 15 is 0 Å². The van der Waals surface area contributed by atoms with Gasteiger partial charge in [0.2, 0.25) is 0 Å². The van der Waals surface area contributed by atoms with Crippen molar-refractivity contribution in [2.75, 3.05) is 25.5 Å². The van der Waals surface area contributed by atoms with Crippen LogP contribution >= 0.6 is 12.4 Å². The van der Waals surface area contributed by atoms with Crippen LogP contribution in [-0.2, 0) is 0 Å². The molecule has 0 fully saturated rings. The molecule has 5 heteroatoms. The number of ether oxygens (including phenoxy) is 1. The zero-order chi connectivity index (χ0) is 17.4. The number of hydrogen-bond donors (Lipinski definition) is 2. The third-order valence-electron chi connectivity index (χ3n) is 4.24.